The summed E-state index contributed by atoms with van der Waals surface area (Å²) >= 11 is 1.42. The minimum Gasteiger partial charge on any atom is -0.493 e. The molecule has 0 aliphatic rings. The van der Waals surface area contributed by atoms with Crippen molar-refractivity contribution in [1.82, 2.24) is 4.98 Å². The summed E-state index contributed by atoms with van der Waals surface area (Å²) < 4.78 is 11.0. The van der Waals surface area contributed by atoms with Gasteiger partial charge >= 0.3 is 0 Å². The van der Waals surface area contributed by atoms with E-state index < -0.39 is 0 Å². The number of aromatic nitrogens is 1. The van der Waals surface area contributed by atoms with Gasteiger partial charge in [0, 0.05) is 16.8 Å². The number of furan rings is 1. The van der Waals surface area contributed by atoms with E-state index in [-0.39, 0.29) is 5.91 Å². The smallest absolute Gasteiger partial charge is 0.250 e. The zero-order valence-corrected chi connectivity index (χ0v) is 14.5. The van der Waals surface area contributed by atoms with Crippen LogP contribution in [-0.4, -0.2) is 18.0 Å². The Balaban J connectivity index is 1.71. The van der Waals surface area contributed by atoms with Crippen molar-refractivity contribution in [1.29, 1.82) is 0 Å². The number of para-hydroxylation sites is 1. The molecule has 2 aromatic heterocycles. The third-order valence-corrected chi connectivity index (χ3v) is 4.27. The molecule has 5 nitrogen and oxygen atoms in total. The summed E-state index contributed by atoms with van der Waals surface area (Å²) in [6.07, 6.45) is 3.06. The van der Waals surface area contributed by atoms with Crippen LogP contribution in [0.1, 0.15) is 31.2 Å². The zero-order chi connectivity index (χ0) is 17.1. The molecule has 1 aromatic carbocycles. The fourth-order valence-electron chi connectivity index (χ4n) is 2.21. The van der Waals surface area contributed by atoms with Crippen LogP contribution in [0.15, 0.2) is 40.1 Å². The number of fused-ring (bicyclic) bond motifs is 1. The number of carbonyl (C=O) groups excluding carboxylic acids is 1. The van der Waals surface area contributed by atoms with Crippen LogP contribution in [0.25, 0.3) is 17.0 Å². The van der Waals surface area contributed by atoms with Crippen LogP contribution in [0, 0.1) is 0 Å². The van der Waals surface area contributed by atoms with Crippen molar-refractivity contribution in [3.63, 3.8) is 0 Å². The van der Waals surface area contributed by atoms with Gasteiger partial charge in [-0.25, -0.2) is 4.98 Å². The summed E-state index contributed by atoms with van der Waals surface area (Å²) in [7, 11) is 1.60. The second-order valence-electron chi connectivity index (χ2n) is 5.58. The van der Waals surface area contributed by atoms with Gasteiger partial charge in [-0.05, 0) is 24.1 Å². The highest BCUT2D eigenvalue weighted by Crippen LogP contribution is 2.29. The predicted octanol–water partition coefficient (Wildman–Crippen LogP) is 4.67. The Kier molecular flexibility index (Phi) is 4.66. The Morgan fingerprint density at radius 3 is 2.96 bits per heavy atom. The van der Waals surface area contributed by atoms with E-state index in [4.69, 9.17) is 9.15 Å². The molecule has 0 saturated carbocycles. The van der Waals surface area contributed by atoms with E-state index in [1.165, 1.54) is 17.4 Å². The molecule has 0 saturated heterocycles. The van der Waals surface area contributed by atoms with E-state index in [1.807, 2.05) is 29.6 Å². The summed E-state index contributed by atoms with van der Waals surface area (Å²) in [5.74, 6) is 1.35. The van der Waals surface area contributed by atoms with Crippen LogP contribution in [0.2, 0.25) is 0 Å². The van der Waals surface area contributed by atoms with Gasteiger partial charge in [0.1, 0.15) is 5.76 Å². The van der Waals surface area contributed by atoms with Crippen LogP contribution < -0.4 is 10.1 Å². The second-order valence-corrected chi connectivity index (χ2v) is 6.44. The van der Waals surface area contributed by atoms with Gasteiger partial charge in [0.25, 0.3) is 0 Å². The van der Waals surface area contributed by atoms with Crippen molar-refractivity contribution < 1.29 is 13.9 Å². The number of anilines is 1. The Hall–Kier alpha value is -2.60. The van der Waals surface area contributed by atoms with Crippen molar-refractivity contribution in [2.45, 2.75) is 19.8 Å². The fourth-order valence-corrected chi connectivity index (χ4v) is 3.09. The van der Waals surface area contributed by atoms with Gasteiger partial charge in [0.15, 0.2) is 16.5 Å². The molecular weight excluding hydrogens is 324 g/mol. The quantitative estimate of drug-likeness (QED) is 0.684. The SMILES string of the molecule is COc1cccc2cc(/C=C/C(=O)Nc3nc(C(C)C)cs3)oc12. The molecule has 1 amide bonds. The molecule has 0 aliphatic heterocycles. The number of methoxy groups -OCH3 is 1. The van der Waals surface area contributed by atoms with Crippen molar-refractivity contribution in [2.75, 3.05) is 12.4 Å². The number of nitrogens with one attached hydrogen (secondary N) is 1. The lowest BCUT2D eigenvalue weighted by atomic mass is 10.2. The lowest BCUT2D eigenvalue weighted by molar-refractivity contribution is -0.111. The highest BCUT2D eigenvalue weighted by Gasteiger charge is 2.09. The maximum absolute atomic E-state index is 12.0. The van der Waals surface area contributed by atoms with E-state index in [0.29, 0.717) is 28.1 Å². The highest BCUT2D eigenvalue weighted by atomic mass is 32.1. The largest absolute Gasteiger partial charge is 0.493 e. The Bertz CT molecular complexity index is 893. The van der Waals surface area contributed by atoms with Crippen molar-refractivity contribution >= 4 is 39.4 Å². The first kappa shape index (κ1) is 16.3. The summed E-state index contributed by atoms with van der Waals surface area (Å²) in [6.45, 7) is 4.13. The number of amides is 1. The summed E-state index contributed by atoms with van der Waals surface area (Å²) in [5.41, 5.74) is 1.64. The van der Waals surface area contributed by atoms with Crippen LogP contribution in [0.5, 0.6) is 5.75 Å². The Labute approximate surface area is 144 Å². The van der Waals surface area contributed by atoms with Gasteiger partial charge in [-0.1, -0.05) is 26.0 Å². The van der Waals surface area contributed by atoms with Crippen molar-refractivity contribution in [3.8, 4) is 5.75 Å². The molecule has 0 radical (unpaired) electrons. The Morgan fingerprint density at radius 2 is 2.25 bits per heavy atom. The molecule has 0 unspecified atom stereocenters. The molecule has 124 valence electrons. The molecule has 0 bridgehead atoms. The molecule has 0 fully saturated rings. The zero-order valence-electron chi connectivity index (χ0n) is 13.7. The van der Waals surface area contributed by atoms with Crippen LogP contribution >= 0.6 is 11.3 Å². The van der Waals surface area contributed by atoms with E-state index in [2.05, 4.69) is 24.1 Å². The normalized spacial score (nSPS) is 11.5. The van der Waals surface area contributed by atoms with Gasteiger partial charge < -0.3 is 9.15 Å². The summed E-state index contributed by atoms with van der Waals surface area (Å²) in [5, 5.41) is 6.24. The maximum Gasteiger partial charge on any atom is 0.250 e. The lowest BCUT2D eigenvalue weighted by Crippen LogP contribution is -2.07. The molecule has 2 heterocycles. The molecular formula is C18H18N2O3S. The minimum absolute atomic E-state index is 0.243. The summed E-state index contributed by atoms with van der Waals surface area (Å²) in [4.78, 5) is 16.4. The van der Waals surface area contributed by atoms with Crippen molar-refractivity contribution in [3.05, 3.63) is 47.2 Å². The first-order chi connectivity index (χ1) is 11.6. The van der Waals surface area contributed by atoms with Gasteiger partial charge in [0.2, 0.25) is 5.91 Å². The monoisotopic (exact) mass is 342 g/mol. The van der Waals surface area contributed by atoms with E-state index in [9.17, 15) is 4.79 Å². The van der Waals surface area contributed by atoms with Crippen LogP contribution in [0.3, 0.4) is 0 Å². The number of carbonyl (C=O) groups is 1. The number of hydrogen-bond donors (Lipinski definition) is 1. The number of nitrogens with zero attached hydrogens (tertiary/aromatic N) is 1. The number of rotatable bonds is 5. The first-order valence-electron chi connectivity index (χ1n) is 7.58. The predicted molar refractivity (Wildman–Crippen MR) is 96.6 cm³/mol. The lowest BCUT2D eigenvalue weighted by Gasteiger charge is -1.98. The average Bonchev–Trinajstić information content (AvgIpc) is 3.18. The topological polar surface area (TPSA) is 64.4 Å². The minimum atomic E-state index is -0.243. The van der Waals surface area contributed by atoms with Gasteiger partial charge in [-0.15, -0.1) is 11.3 Å². The fraction of sp³-hybridized carbons (Fsp3) is 0.222. The molecule has 0 spiro atoms. The molecule has 3 rings (SSSR count). The first-order valence-corrected chi connectivity index (χ1v) is 8.46. The van der Waals surface area contributed by atoms with Crippen LogP contribution in [0.4, 0.5) is 5.13 Å². The second kappa shape index (κ2) is 6.88. The standard InChI is InChI=1S/C18H18N2O3S/c1-11(2)14-10-24-18(19-14)20-16(21)8-7-13-9-12-5-4-6-15(22-3)17(12)23-13/h4-11H,1-3H3,(H,19,20,21)/b8-7+. The number of benzene rings is 1. The van der Waals surface area contributed by atoms with E-state index >= 15 is 0 Å². The average molecular weight is 342 g/mol. The molecule has 6 heteroatoms. The molecule has 1 N–H and O–H groups in total. The molecule has 3 aromatic rings. The molecule has 0 atom stereocenters. The highest BCUT2D eigenvalue weighted by molar-refractivity contribution is 7.14. The van der Waals surface area contributed by atoms with E-state index in [1.54, 1.807) is 13.2 Å². The van der Waals surface area contributed by atoms with Gasteiger partial charge in [0.05, 0.1) is 12.8 Å². The number of thiazole rings is 1. The maximum atomic E-state index is 12.0. The van der Waals surface area contributed by atoms with Gasteiger partial charge in [-0.2, -0.15) is 0 Å². The summed E-state index contributed by atoms with van der Waals surface area (Å²) in [6, 6.07) is 7.52. The van der Waals surface area contributed by atoms with Crippen LogP contribution in [-0.2, 0) is 4.79 Å². The van der Waals surface area contributed by atoms with Crippen molar-refractivity contribution in [2.24, 2.45) is 0 Å². The number of ether oxygens (including phenoxy) is 1. The third kappa shape index (κ3) is 3.49. The Morgan fingerprint density at radius 1 is 1.42 bits per heavy atom. The van der Waals surface area contributed by atoms with E-state index in [0.717, 1.165) is 11.1 Å². The molecule has 0 aliphatic carbocycles. The van der Waals surface area contributed by atoms with Gasteiger partial charge in [-0.3, -0.25) is 10.1 Å². The third-order valence-electron chi connectivity index (χ3n) is 3.49. The number of hydrogen-bond acceptors (Lipinski definition) is 5. The molecule has 24 heavy (non-hydrogen) atoms.